The molecule has 0 saturated carbocycles. The second-order valence-electron chi connectivity index (χ2n) is 5.55. The van der Waals surface area contributed by atoms with Crippen LogP contribution in [0.15, 0.2) is 40.6 Å². The predicted molar refractivity (Wildman–Crippen MR) is 94.0 cm³/mol. The first-order valence-corrected chi connectivity index (χ1v) is 8.77. The van der Waals surface area contributed by atoms with Crippen LogP contribution in [0.1, 0.15) is 16.1 Å². The number of nitrogens with one attached hydrogen (secondary N) is 1. The minimum Gasteiger partial charge on any atom is -0.458 e. The van der Waals surface area contributed by atoms with E-state index in [-0.39, 0.29) is 25.5 Å². The summed E-state index contributed by atoms with van der Waals surface area (Å²) in [6.45, 7) is -0.350. The van der Waals surface area contributed by atoms with Crippen molar-refractivity contribution < 1.29 is 23.8 Å². The molecule has 1 aliphatic heterocycles. The normalized spacial score (nSPS) is 12.1. The average Bonchev–Trinajstić information content (AvgIpc) is 3.32. The smallest absolute Gasteiger partial charge is 0.325 e. The first-order valence-electron chi connectivity index (χ1n) is 7.89. The molecule has 3 heterocycles. The Labute approximate surface area is 156 Å². The molecule has 0 spiro atoms. The topological polar surface area (TPSA) is 108 Å². The third-order valence-corrected chi connectivity index (χ3v) is 4.52. The van der Waals surface area contributed by atoms with Crippen LogP contribution >= 0.6 is 11.3 Å². The van der Waals surface area contributed by atoms with E-state index in [1.165, 1.54) is 27.9 Å². The molecule has 10 heteroatoms. The molecule has 2 aromatic heterocycles. The maximum absolute atomic E-state index is 12.1. The number of ether oxygens (including phenoxy) is 3. The largest absolute Gasteiger partial charge is 0.458 e. The van der Waals surface area contributed by atoms with Crippen LogP contribution in [0.2, 0.25) is 0 Å². The van der Waals surface area contributed by atoms with E-state index in [1.807, 2.05) is 0 Å². The lowest BCUT2D eigenvalue weighted by Crippen LogP contribution is -2.30. The lowest BCUT2D eigenvalue weighted by Gasteiger charge is -2.07. The van der Waals surface area contributed by atoms with E-state index < -0.39 is 11.9 Å². The molecule has 0 radical (unpaired) electrons. The number of fused-ring (bicyclic) bond motifs is 2. The third-order valence-electron chi connectivity index (χ3n) is 3.77. The summed E-state index contributed by atoms with van der Waals surface area (Å²) in [7, 11) is 0. The van der Waals surface area contributed by atoms with Crippen LogP contribution in [0.4, 0.5) is 0 Å². The van der Waals surface area contributed by atoms with E-state index in [1.54, 1.807) is 23.7 Å². The Morgan fingerprint density at radius 2 is 2.11 bits per heavy atom. The molecule has 1 amide bonds. The van der Waals surface area contributed by atoms with Gasteiger partial charge in [0.2, 0.25) is 6.79 Å². The fraction of sp³-hybridized carbons (Fsp3) is 0.176. The molecule has 0 atom stereocenters. The van der Waals surface area contributed by atoms with Crippen molar-refractivity contribution in [1.29, 1.82) is 0 Å². The van der Waals surface area contributed by atoms with Crippen LogP contribution in [0, 0.1) is 0 Å². The van der Waals surface area contributed by atoms with Gasteiger partial charge in [-0.15, -0.1) is 11.3 Å². The molecular weight excluding hydrogens is 374 g/mol. The van der Waals surface area contributed by atoms with Crippen LogP contribution in [0.5, 0.6) is 11.5 Å². The fourth-order valence-electron chi connectivity index (χ4n) is 2.46. The summed E-state index contributed by atoms with van der Waals surface area (Å²) < 4.78 is 16.9. The van der Waals surface area contributed by atoms with Crippen molar-refractivity contribution in [3.05, 3.63) is 57.5 Å². The zero-order valence-electron chi connectivity index (χ0n) is 13.8. The number of nitrogens with zero attached hydrogens (tertiary/aromatic N) is 2. The van der Waals surface area contributed by atoms with Crippen molar-refractivity contribution in [2.45, 2.75) is 6.61 Å². The van der Waals surface area contributed by atoms with Gasteiger partial charge in [-0.1, -0.05) is 0 Å². The van der Waals surface area contributed by atoms with Gasteiger partial charge in [-0.2, -0.15) is 0 Å². The van der Waals surface area contributed by atoms with Crippen molar-refractivity contribution in [2.24, 2.45) is 0 Å². The van der Waals surface area contributed by atoms with Crippen LogP contribution < -0.4 is 20.3 Å². The maximum Gasteiger partial charge on any atom is 0.325 e. The van der Waals surface area contributed by atoms with Crippen LogP contribution in [0.25, 0.3) is 4.96 Å². The number of aromatic nitrogens is 2. The van der Waals surface area contributed by atoms with Crippen LogP contribution in [-0.4, -0.2) is 34.6 Å². The zero-order chi connectivity index (χ0) is 18.8. The molecule has 0 bridgehead atoms. The molecule has 0 unspecified atom stereocenters. The second kappa shape index (κ2) is 7.08. The van der Waals surface area contributed by atoms with Gasteiger partial charge in [0.25, 0.3) is 11.5 Å². The van der Waals surface area contributed by atoms with Gasteiger partial charge in [-0.25, -0.2) is 4.98 Å². The van der Waals surface area contributed by atoms with Crippen molar-refractivity contribution in [3.8, 4) is 11.5 Å². The first-order chi connectivity index (χ1) is 13.1. The number of hydrogen-bond donors (Lipinski definition) is 1. The van der Waals surface area contributed by atoms with E-state index in [0.717, 1.165) is 0 Å². The van der Waals surface area contributed by atoms with Gasteiger partial charge in [-0.05, 0) is 18.2 Å². The Morgan fingerprint density at radius 3 is 3.00 bits per heavy atom. The van der Waals surface area contributed by atoms with E-state index in [4.69, 9.17) is 14.2 Å². The number of carbonyl (C=O) groups excluding carboxylic acids is 2. The molecule has 27 heavy (non-hydrogen) atoms. The molecule has 3 aromatic rings. The summed E-state index contributed by atoms with van der Waals surface area (Å²) in [4.78, 5) is 40.6. The number of esters is 1. The lowest BCUT2D eigenvalue weighted by atomic mass is 10.2. The summed E-state index contributed by atoms with van der Waals surface area (Å²) in [6.07, 6.45) is 1.62. The van der Waals surface area contributed by atoms with Gasteiger partial charge in [0, 0.05) is 23.2 Å². The lowest BCUT2D eigenvalue weighted by molar-refractivity contribution is -0.143. The first kappa shape index (κ1) is 17.0. The number of amides is 1. The number of rotatable bonds is 5. The monoisotopic (exact) mass is 387 g/mol. The zero-order valence-corrected chi connectivity index (χ0v) is 14.7. The Hall–Kier alpha value is -3.40. The quantitative estimate of drug-likeness (QED) is 0.650. The molecule has 4 rings (SSSR count). The van der Waals surface area contributed by atoms with Gasteiger partial charge in [0.05, 0.1) is 5.69 Å². The number of thiazole rings is 1. The molecule has 1 aromatic carbocycles. The molecular formula is C17H13N3O6S. The molecule has 0 fully saturated rings. The molecule has 0 aliphatic carbocycles. The van der Waals surface area contributed by atoms with E-state index in [9.17, 15) is 14.4 Å². The minimum atomic E-state index is -0.641. The highest BCUT2D eigenvalue weighted by Crippen LogP contribution is 2.32. The van der Waals surface area contributed by atoms with Gasteiger partial charge in [-0.3, -0.25) is 18.8 Å². The van der Waals surface area contributed by atoms with Crippen molar-refractivity contribution in [3.63, 3.8) is 0 Å². The van der Waals surface area contributed by atoms with Gasteiger partial charge in [0.1, 0.15) is 13.2 Å². The fourth-order valence-corrected chi connectivity index (χ4v) is 3.20. The average molecular weight is 387 g/mol. The van der Waals surface area contributed by atoms with E-state index >= 15 is 0 Å². The second-order valence-corrected chi connectivity index (χ2v) is 6.43. The van der Waals surface area contributed by atoms with Crippen molar-refractivity contribution in [1.82, 2.24) is 14.7 Å². The van der Waals surface area contributed by atoms with E-state index in [2.05, 4.69) is 10.3 Å². The van der Waals surface area contributed by atoms with Gasteiger partial charge in [0.15, 0.2) is 16.5 Å². The van der Waals surface area contributed by atoms with Gasteiger partial charge < -0.3 is 19.5 Å². The molecule has 138 valence electrons. The highest BCUT2D eigenvalue weighted by Gasteiger charge is 2.17. The third kappa shape index (κ3) is 3.60. The van der Waals surface area contributed by atoms with Crippen molar-refractivity contribution in [2.75, 3.05) is 13.3 Å². The summed E-state index contributed by atoms with van der Waals surface area (Å²) in [5.41, 5.74) is 0.436. The maximum atomic E-state index is 12.1. The molecule has 0 saturated heterocycles. The molecule has 1 aliphatic rings. The summed E-state index contributed by atoms with van der Waals surface area (Å²) in [5.74, 6) is -0.0393. The summed E-state index contributed by atoms with van der Waals surface area (Å²) >= 11 is 1.31. The number of carbonyl (C=O) groups is 2. The van der Waals surface area contributed by atoms with Crippen LogP contribution in [0.3, 0.4) is 0 Å². The SMILES string of the molecule is O=C(CNC(=O)c1ccc2c(c1)OCO2)OCc1cc(=O)n2ccsc2n1. The highest BCUT2D eigenvalue weighted by molar-refractivity contribution is 7.15. The standard InChI is InChI=1S/C17H13N3O6S/c21-14-6-11(19-17-20(14)3-4-27-17)8-24-15(22)7-18-16(23)10-1-2-12-13(5-10)26-9-25-12/h1-6H,7-9H2,(H,18,23). The molecule has 1 N–H and O–H groups in total. The van der Waals surface area contributed by atoms with Crippen LogP contribution in [-0.2, 0) is 16.1 Å². The predicted octanol–water partition coefficient (Wildman–Crippen LogP) is 0.958. The Balaban J connectivity index is 1.31. The Bertz CT molecular complexity index is 1090. The minimum absolute atomic E-state index is 0.113. The summed E-state index contributed by atoms with van der Waals surface area (Å²) in [5, 5.41) is 4.21. The van der Waals surface area contributed by atoms with Crippen molar-refractivity contribution >= 4 is 28.2 Å². The highest BCUT2D eigenvalue weighted by atomic mass is 32.1. The van der Waals surface area contributed by atoms with E-state index in [0.29, 0.717) is 27.7 Å². The Morgan fingerprint density at radius 1 is 1.26 bits per heavy atom. The molecule has 9 nitrogen and oxygen atoms in total. The van der Waals surface area contributed by atoms with Gasteiger partial charge >= 0.3 is 5.97 Å². The Kier molecular flexibility index (Phi) is 4.47. The summed E-state index contributed by atoms with van der Waals surface area (Å²) in [6, 6.07) is 6.04. The number of benzene rings is 1. The number of hydrogen-bond acceptors (Lipinski definition) is 8.